The van der Waals surface area contributed by atoms with Crippen molar-refractivity contribution < 1.29 is 4.79 Å². The fourth-order valence-corrected chi connectivity index (χ4v) is 2.93. The summed E-state index contributed by atoms with van der Waals surface area (Å²) in [5, 5.41) is 4.22. The molecule has 3 rings (SSSR count). The van der Waals surface area contributed by atoms with E-state index in [0.717, 1.165) is 23.0 Å². The zero-order valence-electron chi connectivity index (χ0n) is 12.4. The minimum absolute atomic E-state index is 0.176. The number of rotatable bonds is 3. The van der Waals surface area contributed by atoms with Crippen LogP contribution in [0.4, 0.5) is 5.69 Å². The SMILES string of the molecule is CCn1c(C(=O)Nc2cccnc2Cl)c(C)c2ccccc21. The fraction of sp³-hybridized carbons (Fsp3) is 0.176. The number of hydrogen-bond acceptors (Lipinski definition) is 2. The monoisotopic (exact) mass is 313 g/mol. The van der Waals surface area contributed by atoms with Gasteiger partial charge in [-0.3, -0.25) is 4.79 Å². The third-order valence-corrected chi connectivity index (χ3v) is 4.06. The van der Waals surface area contributed by atoms with Crippen LogP contribution in [0.3, 0.4) is 0 Å². The number of nitrogens with zero attached hydrogens (tertiary/aromatic N) is 2. The summed E-state index contributed by atoms with van der Waals surface area (Å²) >= 11 is 6.02. The Kier molecular flexibility index (Phi) is 3.86. The van der Waals surface area contributed by atoms with Gasteiger partial charge >= 0.3 is 0 Å². The zero-order chi connectivity index (χ0) is 15.7. The topological polar surface area (TPSA) is 46.9 Å². The van der Waals surface area contributed by atoms with Gasteiger partial charge in [0.15, 0.2) is 5.15 Å². The van der Waals surface area contributed by atoms with E-state index >= 15 is 0 Å². The van der Waals surface area contributed by atoms with Crippen molar-refractivity contribution in [2.45, 2.75) is 20.4 Å². The molecule has 0 spiro atoms. The third kappa shape index (κ3) is 2.35. The lowest BCUT2D eigenvalue weighted by atomic mass is 10.1. The van der Waals surface area contributed by atoms with E-state index in [9.17, 15) is 4.79 Å². The maximum Gasteiger partial charge on any atom is 0.272 e. The Hall–Kier alpha value is -2.33. The predicted molar refractivity (Wildman–Crippen MR) is 89.5 cm³/mol. The Morgan fingerprint density at radius 2 is 2.05 bits per heavy atom. The second kappa shape index (κ2) is 5.81. The van der Waals surface area contributed by atoms with E-state index in [-0.39, 0.29) is 11.1 Å². The van der Waals surface area contributed by atoms with Crippen LogP contribution in [0.15, 0.2) is 42.6 Å². The summed E-state index contributed by atoms with van der Waals surface area (Å²) in [5.41, 5.74) is 3.20. The number of aryl methyl sites for hydroxylation is 2. The predicted octanol–water partition coefficient (Wildman–Crippen LogP) is 4.27. The lowest BCUT2D eigenvalue weighted by Crippen LogP contribution is -2.18. The normalized spacial score (nSPS) is 10.9. The van der Waals surface area contributed by atoms with Crippen molar-refractivity contribution in [3.8, 4) is 0 Å². The van der Waals surface area contributed by atoms with Gasteiger partial charge in [-0.1, -0.05) is 29.8 Å². The minimum atomic E-state index is -0.176. The zero-order valence-corrected chi connectivity index (χ0v) is 13.2. The first-order chi connectivity index (χ1) is 10.6. The van der Waals surface area contributed by atoms with Gasteiger partial charge in [0.2, 0.25) is 0 Å². The molecule has 0 fully saturated rings. The lowest BCUT2D eigenvalue weighted by Gasteiger charge is -2.10. The van der Waals surface area contributed by atoms with Crippen molar-refractivity contribution >= 4 is 34.1 Å². The molecular weight excluding hydrogens is 298 g/mol. The fourth-order valence-electron chi connectivity index (χ4n) is 2.76. The summed E-state index contributed by atoms with van der Waals surface area (Å²) in [6.07, 6.45) is 1.59. The highest BCUT2D eigenvalue weighted by Crippen LogP contribution is 2.27. The molecule has 0 aliphatic rings. The number of halogens is 1. The lowest BCUT2D eigenvalue weighted by molar-refractivity contribution is 0.101. The van der Waals surface area contributed by atoms with E-state index in [1.165, 1.54) is 0 Å². The van der Waals surface area contributed by atoms with Crippen molar-refractivity contribution in [2.24, 2.45) is 0 Å². The van der Waals surface area contributed by atoms with Crippen LogP contribution in [0.1, 0.15) is 23.0 Å². The van der Waals surface area contributed by atoms with Crippen molar-refractivity contribution in [3.63, 3.8) is 0 Å². The molecular formula is C17H16ClN3O. The molecule has 1 amide bonds. The van der Waals surface area contributed by atoms with E-state index in [4.69, 9.17) is 11.6 Å². The van der Waals surface area contributed by atoms with Gasteiger partial charge < -0.3 is 9.88 Å². The van der Waals surface area contributed by atoms with Crippen molar-refractivity contribution in [1.82, 2.24) is 9.55 Å². The summed E-state index contributed by atoms with van der Waals surface area (Å²) in [6, 6.07) is 11.5. The van der Waals surface area contributed by atoms with E-state index in [0.29, 0.717) is 11.4 Å². The number of carbonyl (C=O) groups excluding carboxylic acids is 1. The van der Waals surface area contributed by atoms with Crippen LogP contribution in [-0.4, -0.2) is 15.5 Å². The van der Waals surface area contributed by atoms with Crippen LogP contribution in [-0.2, 0) is 6.54 Å². The number of pyridine rings is 1. The molecule has 0 radical (unpaired) electrons. The van der Waals surface area contributed by atoms with Gasteiger partial charge in [0.05, 0.1) is 5.69 Å². The summed E-state index contributed by atoms with van der Waals surface area (Å²) in [7, 11) is 0. The molecule has 0 saturated carbocycles. The molecule has 2 heterocycles. The van der Waals surface area contributed by atoms with Crippen LogP contribution >= 0.6 is 11.6 Å². The van der Waals surface area contributed by atoms with Crippen LogP contribution < -0.4 is 5.32 Å². The van der Waals surface area contributed by atoms with Crippen LogP contribution in [0.5, 0.6) is 0 Å². The molecule has 0 aliphatic carbocycles. The average Bonchev–Trinajstić information content (AvgIpc) is 2.82. The number of carbonyl (C=O) groups is 1. The largest absolute Gasteiger partial charge is 0.337 e. The molecule has 3 aromatic rings. The molecule has 5 heteroatoms. The summed E-state index contributed by atoms with van der Waals surface area (Å²) in [4.78, 5) is 16.7. The Morgan fingerprint density at radius 1 is 1.27 bits per heavy atom. The summed E-state index contributed by atoms with van der Waals surface area (Å²) in [5.74, 6) is -0.176. The first kappa shape index (κ1) is 14.6. The second-order valence-electron chi connectivity index (χ2n) is 5.03. The van der Waals surface area contributed by atoms with Crippen molar-refractivity contribution in [2.75, 3.05) is 5.32 Å². The third-order valence-electron chi connectivity index (χ3n) is 3.76. The highest BCUT2D eigenvalue weighted by Gasteiger charge is 2.20. The molecule has 0 atom stereocenters. The molecule has 22 heavy (non-hydrogen) atoms. The molecule has 4 nitrogen and oxygen atoms in total. The second-order valence-corrected chi connectivity index (χ2v) is 5.39. The molecule has 1 N–H and O–H groups in total. The van der Waals surface area contributed by atoms with Gasteiger partial charge in [-0.05, 0) is 37.6 Å². The standard InChI is InChI=1S/C17H16ClN3O/c1-3-21-14-9-5-4-7-12(14)11(2)15(21)17(22)20-13-8-6-10-19-16(13)18/h4-10H,3H2,1-2H3,(H,20,22). The van der Waals surface area contributed by atoms with Crippen molar-refractivity contribution in [3.05, 3.63) is 59.0 Å². The Balaban J connectivity index is 2.08. The van der Waals surface area contributed by atoms with Gasteiger partial charge in [0, 0.05) is 23.6 Å². The molecule has 0 bridgehead atoms. The quantitative estimate of drug-likeness (QED) is 0.734. The highest BCUT2D eigenvalue weighted by atomic mass is 35.5. The highest BCUT2D eigenvalue weighted by molar-refractivity contribution is 6.32. The van der Waals surface area contributed by atoms with Crippen LogP contribution in [0, 0.1) is 6.92 Å². The molecule has 0 aliphatic heterocycles. The maximum absolute atomic E-state index is 12.7. The molecule has 0 unspecified atom stereocenters. The Bertz CT molecular complexity index is 854. The van der Waals surface area contributed by atoms with Gasteiger partial charge in [0.1, 0.15) is 5.69 Å². The van der Waals surface area contributed by atoms with Crippen LogP contribution in [0.25, 0.3) is 10.9 Å². The first-order valence-electron chi connectivity index (χ1n) is 7.13. The number of hydrogen-bond donors (Lipinski definition) is 1. The Morgan fingerprint density at radius 3 is 2.77 bits per heavy atom. The molecule has 0 saturated heterocycles. The smallest absolute Gasteiger partial charge is 0.272 e. The number of para-hydroxylation sites is 1. The molecule has 112 valence electrons. The number of benzene rings is 1. The van der Waals surface area contributed by atoms with Gasteiger partial charge in [-0.2, -0.15) is 0 Å². The van der Waals surface area contributed by atoms with Crippen LogP contribution in [0.2, 0.25) is 5.15 Å². The first-order valence-corrected chi connectivity index (χ1v) is 7.51. The number of anilines is 1. The van der Waals surface area contributed by atoms with Gasteiger partial charge in [-0.15, -0.1) is 0 Å². The number of fused-ring (bicyclic) bond motifs is 1. The van der Waals surface area contributed by atoms with Gasteiger partial charge in [0.25, 0.3) is 5.91 Å². The Labute approximate surface area is 133 Å². The average molecular weight is 314 g/mol. The number of amides is 1. The van der Waals surface area contributed by atoms with E-state index in [1.54, 1.807) is 18.3 Å². The number of aromatic nitrogens is 2. The van der Waals surface area contributed by atoms with Gasteiger partial charge in [-0.25, -0.2) is 4.98 Å². The summed E-state index contributed by atoms with van der Waals surface area (Å²) in [6.45, 7) is 4.71. The molecule has 1 aromatic carbocycles. The molecule has 2 aromatic heterocycles. The van der Waals surface area contributed by atoms with E-state index < -0.39 is 0 Å². The summed E-state index contributed by atoms with van der Waals surface area (Å²) < 4.78 is 2.02. The van der Waals surface area contributed by atoms with E-state index in [1.807, 2.05) is 42.7 Å². The maximum atomic E-state index is 12.7. The number of nitrogens with one attached hydrogen (secondary N) is 1. The van der Waals surface area contributed by atoms with E-state index in [2.05, 4.69) is 10.3 Å². The van der Waals surface area contributed by atoms with Crippen molar-refractivity contribution in [1.29, 1.82) is 0 Å². The minimum Gasteiger partial charge on any atom is -0.337 e.